The van der Waals surface area contributed by atoms with Crippen molar-refractivity contribution in [3.05, 3.63) is 65.7 Å². The maximum absolute atomic E-state index is 14.8. The molecular formula is C33H37ClFN7O4. The summed E-state index contributed by atoms with van der Waals surface area (Å²) in [5.41, 5.74) is 5.12. The van der Waals surface area contributed by atoms with Gasteiger partial charge in [0.15, 0.2) is 0 Å². The molecule has 3 heterocycles. The summed E-state index contributed by atoms with van der Waals surface area (Å²) in [6, 6.07) is 11.6. The molecule has 4 aromatic rings. The predicted octanol–water partition coefficient (Wildman–Crippen LogP) is 5.44. The van der Waals surface area contributed by atoms with Gasteiger partial charge in [-0.25, -0.2) is 19.8 Å². The number of nitriles is 1. The Morgan fingerprint density at radius 1 is 1.04 bits per heavy atom. The molecule has 242 valence electrons. The average Bonchev–Trinajstić information content (AvgIpc) is 3.53. The number of phenols is 1. The van der Waals surface area contributed by atoms with Crippen molar-refractivity contribution in [2.45, 2.75) is 64.3 Å². The van der Waals surface area contributed by atoms with E-state index in [0.717, 1.165) is 19.3 Å². The van der Waals surface area contributed by atoms with Crippen molar-refractivity contribution < 1.29 is 24.3 Å². The fourth-order valence-corrected chi connectivity index (χ4v) is 5.69. The molecule has 13 heteroatoms. The number of hydroxylamine groups is 1. The molecule has 11 nitrogen and oxygen atoms in total. The van der Waals surface area contributed by atoms with E-state index in [0.29, 0.717) is 78.3 Å². The van der Waals surface area contributed by atoms with Gasteiger partial charge in [0.2, 0.25) is 17.8 Å². The highest BCUT2D eigenvalue weighted by Crippen LogP contribution is 2.38. The number of halogens is 2. The van der Waals surface area contributed by atoms with Crippen LogP contribution in [-0.4, -0.2) is 55.6 Å². The minimum atomic E-state index is -0.648. The van der Waals surface area contributed by atoms with Crippen molar-refractivity contribution >= 4 is 35.8 Å². The van der Waals surface area contributed by atoms with Gasteiger partial charge in [0.1, 0.15) is 23.3 Å². The highest BCUT2D eigenvalue weighted by molar-refractivity contribution is 5.91. The minimum Gasteiger partial charge on any atom is -0.508 e. The summed E-state index contributed by atoms with van der Waals surface area (Å²) in [6.45, 7) is 3.06. The lowest BCUT2D eigenvalue weighted by molar-refractivity contribution is -0.129. The lowest BCUT2D eigenvalue weighted by Crippen LogP contribution is -2.45. The van der Waals surface area contributed by atoms with E-state index in [9.17, 15) is 24.3 Å². The predicted molar refractivity (Wildman–Crippen MR) is 173 cm³/mol. The third kappa shape index (κ3) is 7.73. The number of aromatic hydroxyl groups is 1. The number of hydrogen-bond donors (Lipinski definition) is 4. The molecule has 4 N–H and O–H groups in total. The van der Waals surface area contributed by atoms with Gasteiger partial charge in [-0.15, -0.1) is 12.4 Å². The smallest absolute Gasteiger partial charge is 0.243 e. The van der Waals surface area contributed by atoms with Crippen LogP contribution in [-0.2, 0) is 9.59 Å². The Bertz CT molecular complexity index is 1750. The zero-order valence-electron chi connectivity index (χ0n) is 25.5. The third-order valence-electron chi connectivity index (χ3n) is 8.21. The molecule has 2 amide bonds. The Labute approximate surface area is 272 Å². The molecule has 46 heavy (non-hydrogen) atoms. The van der Waals surface area contributed by atoms with E-state index in [1.807, 2.05) is 22.7 Å². The fraction of sp³-hybridized carbons (Fsp3) is 0.364. The number of carbonyl (C=O) groups excluding carboxylic acids is 2. The number of anilines is 1. The monoisotopic (exact) mass is 649 g/mol. The average molecular weight is 650 g/mol. The summed E-state index contributed by atoms with van der Waals surface area (Å²) in [5.74, 6) is -0.293. The number of hydrogen-bond acceptors (Lipinski definition) is 8. The van der Waals surface area contributed by atoms with Gasteiger partial charge in [0.25, 0.3) is 0 Å². The van der Waals surface area contributed by atoms with Crippen molar-refractivity contribution in [3.8, 4) is 34.2 Å². The number of imidazole rings is 1. The second-order valence-corrected chi connectivity index (χ2v) is 11.3. The van der Waals surface area contributed by atoms with Crippen molar-refractivity contribution in [2.75, 3.05) is 18.0 Å². The number of rotatable bonds is 11. The van der Waals surface area contributed by atoms with Crippen molar-refractivity contribution in [1.82, 2.24) is 25.2 Å². The number of aromatic nitrogens is 3. The quantitative estimate of drug-likeness (QED) is 0.0951. The van der Waals surface area contributed by atoms with Gasteiger partial charge in [-0.2, -0.15) is 5.26 Å². The molecule has 0 bridgehead atoms. The van der Waals surface area contributed by atoms with Crippen LogP contribution >= 0.6 is 12.4 Å². The summed E-state index contributed by atoms with van der Waals surface area (Å²) in [4.78, 5) is 35.5. The number of benzene rings is 2. The Hall–Kier alpha value is -4.73. The number of unbranched alkanes of at least 4 members (excludes halogenated alkanes) is 3. The second kappa shape index (κ2) is 15.5. The molecule has 0 atom stereocenters. The molecule has 0 unspecified atom stereocenters. The molecule has 2 aromatic heterocycles. The van der Waals surface area contributed by atoms with Crippen LogP contribution in [0.15, 0.2) is 48.8 Å². The number of carbonyl (C=O) groups is 2. The van der Waals surface area contributed by atoms with E-state index in [2.05, 4.69) is 15.2 Å². The van der Waals surface area contributed by atoms with Crippen molar-refractivity contribution in [2.24, 2.45) is 0 Å². The highest BCUT2D eigenvalue weighted by atomic mass is 35.5. The van der Waals surface area contributed by atoms with Crippen LogP contribution in [0.3, 0.4) is 0 Å². The van der Waals surface area contributed by atoms with Crippen LogP contribution in [0, 0.1) is 24.1 Å². The first-order valence-electron chi connectivity index (χ1n) is 15.1. The summed E-state index contributed by atoms with van der Waals surface area (Å²) in [7, 11) is 0. The first kappa shape index (κ1) is 34.1. The van der Waals surface area contributed by atoms with Crippen LogP contribution < -0.4 is 15.7 Å². The number of aryl methyl sites for hydroxylation is 1. The third-order valence-corrected chi connectivity index (χ3v) is 8.21. The molecule has 1 aliphatic rings. The van der Waals surface area contributed by atoms with Crippen LogP contribution in [0.4, 0.5) is 10.3 Å². The van der Waals surface area contributed by atoms with E-state index >= 15 is 0 Å². The lowest BCUT2D eigenvalue weighted by Gasteiger charge is -2.34. The normalized spacial score (nSPS) is 13.2. The molecule has 0 aliphatic carbocycles. The van der Waals surface area contributed by atoms with Gasteiger partial charge in [0, 0.05) is 49.9 Å². The lowest BCUT2D eigenvalue weighted by atomic mass is 9.98. The van der Waals surface area contributed by atoms with E-state index < -0.39 is 11.7 Å². The number of piperidine rings is 1. The summed E-state index contributed by atoms with van der Waals surface area (Å²) in [6.07, 6.45) is 8.67. The van der Waals surface area contributed by atoms with Gasteiger partial charge in [-0.3, -0.25) is 19.2 Å². The maximum Gasteiger partial charge on any atom is 0.243 e. The number of nitrogens with zero attached hydrogens (tertiary/aromatic N) is 5. The largest absolute Gasteiger partial charge is 0.508 e. The number of nitrogens with one attached hydrogen (secondary N) is 2. The molecule has 5 rings (SSSR count). The molecule has 0 saturated carbocycles. The SMILES string of the molecule is Cc1ccc(-c2c(-c3ccc(C#N)c(F)c3)nc(N3CCC(NC(=O)CCCCCCC(=O)NO)CC3)n3ccnc23)cc1O.Cl. The molecule has 1 aliphatic heterocycles. The summed E-state index contributed by atoms with van der Waals surface area (Å²) in [5, 5.41) is 31.5. The molecule has 1 fully saturated rings. The van der Waals surface area contributed by atoms with Gasteiger partial charge in [0.05, 0.1) is 16.8 Å². The molecule has 1 saturated heterocycles. The molecule has 0 radical (unpaired) electrons. The number of amides is 2. The fourth-order valence-electron chi connectivity index (χ4n) is 5.69. The zero-order chi connectivity index (χ0) is 31.9. The van der Waals surface area contributed by atoms with E-state index in [4.69, 9.17) is 10.2 Å². The van der Waals surface area contributed by atoms with Crippen LogP contribution in [0.5, 0.6) is 5.75 Å². The summed E-state index contributed by atoms with van der Waals surface area (Å²) < 4.78 is 16.7. The Morgan fingerprint density at radius 2 is 1.74 bits per heavy atom. The van der Waals surface area contributed by atoms with Gasteiger partial charge in [-0.1, -0.05) is 31.0 Å². The van der Waals surface area contributed by atoms with E-state index in [-0.39, 0.29) is 42.1 Å². The van der Waals surface area contributed by atoms with Crippen molar-refractivity contribution in [1.29, 1.82) is 5.26 Å². The topological polar surface area (TPSA) is 156 Å². The summed E-state index contributed by atoms with van der Waals surface area (Å²) >= 11 is 0. The van der Waals surface area contributed by atoms with Gasteiger partial charge >= 0.3 is 0 Å². The van der Waals surface area contributed by atoms with Crippen LogP contribution in [0.2, 0.25) is 0 Å². The number of phenolic OH excluding ortho intramolecular Hbond substituents is 1. The second-order valence-electron chi connectivity index (χ2n) is 11.3. The Morgan fingerprint density at radius 3 is 2.39 bits per heavy atom. The maximum atomic E-state index is 14.8. The van der Waals surface area contributed by atoms with Gasteiger partial charge in [-0.05, 0) is 61.9 Å². The minimum absolute atomic E-state index is 0. The number of fused-ring (bicyclic) bond motifs is 1. The Kier molecular flexibility index (Phi) is 11.5. The zero-order valence-corrected chi connectivity index (χ0v) is 26.3. The van der Waals surface area contributed by atoms with Crippen LogP contribution in [0.25, 0.3) is 28.0 Å². The van der Waals surface area contributed by atoms with Crippen LogP contribution in [0.1, 0.15) is 62.5 Å². The molecule has 2 aromatic carbocycles. The van der Waals surface area contributed by atoms with Gasteiger partial charge < -0.3 is 15.3 Å². The van der Waals surface area contributed by atoms with Crippen molar-refractivity contribution in [3.63, 3.8) is 0 Å². The Balaban J connectivity index is 0.00000480. The first-order valence-corrected chi connectivity index (χ1v) is 15.1. The first-order chi connectivity index (χ1) is 21.8. The highest BCUT2D eigenvalue weighted by Gasteiger charge is 2.26. The standard InChI is InChI=1S/C33H36FN7O4.ClH/c1-21-8-9-22(19-27(21)42)30-31(23-10-11-24(20-35)26(34)18-23)38-33(41-17-14-36-32(30)41)40-15-12-25(13-16-40)37-28(43)6-4-2-3-5-7-29(44)39-45;/h8-11,14,17-19,25,42,45H,2-7,12-13,15-16H2,1H3,(H,37,43)(H,39,44);1H. The molecule has 0 spiro atoms. The van der Waals surface area contributed by atoms with E-state index in [1.165, 1.54) is 12.1 Å². The van der Waals surface area contributed by atoms with E-state index in [1.54, 1.807) is 36.8 Å². The molecular weight excluding hydrogens is 613 g/mol.